The number of aromatic nitrogens is 2. The molecular weight excluding hydrogens is 512 g/mol. The molecule has 0 bridgehead atoms. The average molecular weight is 534 g/mol. The van der Waals surface area contributed by atoms with E-state index in [-0.39, 0.29) is 46.4 Å². The van der Waals surface area contributed by atoms with Crippen LogP contribution in [0.1, 0.15) is 53.1 Å². The zero-order chi connectivity index (χ0) is 27.5. The van der Waals surface area contributed by atoms with E-state index in [2.05, 4.69) is 15.5 Å². The molecule has 200 valence electrons. The Morgan fingerprint density at radius 2 is 1.92 bits per heavy atom. The maximum Gasteiger partial charge on any atom is 0.424 e. The predicted octanol–water partition coefficient (Wildman–Crippen LogP) is 3.07. The van der Waals surface area contributed by atoms with Gasteiger partial charge in [0, 0.05) is 17.0 Å². The summed E-state index contributed by atoms with van der Waals surface area (Å²) >= 11 is 0. The van der Waals surface area contributed by atoms with E-state index in [0.29, 0.717) is 0 Å². The van der Waals surface area contributed by atoms with Crippen molar-refractivity contribution in [2.24, 2.45) is 5.73 Å². The summed E-state index contributed by atoms with van der Waals surface area (Å²) in [7, 11) is 0. The summed E-state index contributed by atoms with van der Waals surface area (Å²) in [6, 6.07) is 5.58. The number of halogens is 4. The van der Waals surface area contributed by atoms with Crippen molar-refractivity contribution in [1.29, 1.82) is 0 Å². The fraction of sp³-hybridized carbons (Fsp3) is 0.360. The molecule has 3 heterocycles. The summed E-state index contributed by atoms with van der Waals surface area (Å²) in [5.41, 5.74) is -0.635. The molecule has 1 aromatic carbocycles. The number of nitrogens with one attached hydrogen (secondary N) is 1. The van der Waals surface area contributed by atoms with Crippen molar-refractivity contribution in [2.45, 2.75) is 42.9 Å². The van der Waals surface area contributed by atoms with Crippen LogP contribution in [0.3, 0.4) is 0 Å². The van der Waals surface area contributed by atoms with E-state index >= 15 is 0 Å². The molecule has 0 spiro atoms. The highest BCUT2D eigenvalue weighted by atomic mass is 19.4. The first-order valence-corrected chi connectivity index (χ1v) is 11.6. The van der Waals surface area contributed by atoms with E-state index in [1.165, 1.54) is 19.1 Å². The molecule has 0 radical (unpaired) electrons. The SMILES string of the molecule is C[C@]1(C(N)=O)COc2c1cc(C(O)(CNC(=O)c1cnoc1C1CC1)C(F)(F)F)nc2-c1ccc(F)cc1. The Hall–Kier alpha value is -4.00. The minimum Gasteiger partial charge on any atom is -0.489 e. The molecule has 13 heteroatoms. The molecule has 9 nitrogen and oxygen atoms in total. The molecule has 2 atom stereocenters. The lowest BCUT2D eigenvalue weighted by Gasteiger charge is -2.31. The van der Waals surface area contributed by atoms with E-state index in [1.54, 1.807) is 0 Å². The zero-order valence-electron chi connectivity index (χ0n) is 19.9. The zero-order valence-corrected chi connectivity index (χ0v) is 19.9. The van der Waals surface area contributed by atoms with Crippen molar-refractivity contribution >= 4 is 11.8 Å². The van der Waals surface area contributed by atoms with Gasteiger partial charge in [-0.2, -0.15) is 13.2 Å². The first-order chi connectivity index (χ1) is 17.8. The smallest absolute Gasteiger partial charge is 0.424 e. The third-order valence-corrected chi connectivity index (χ3v) is 6.92. The number of fused-ring (bicyclic) bond motifs is 1. The molecule has 1 unspecified atom stereocenters. The van der Waals surface area contributed by atoms with E-state index in [4.69, 9.17) is 15.0 Å². The third-order valence-electron chi connectivity index (χ3n) is 6.92. The van der Waals surface area contributed by atoms with Crippen LogP contribution in [0.5, 0.6) is 5.75 Å². The molecule has 1 saturated carbocycles. The van der Waals surface area contributed by atoms with E-state index in [9.17, 15) is 32.3 Å². The fourth-order valence-corrected chi connectivity index (χ4v) is 4.30. The molecule has 4 N–H and O–H groups in total. The van der Waals surface area contributed by atoms with Crippen LogP contribution in [-0.2, 0) is 15.8 Å². The molecule has 0 saturated heterocycles. The van der Waals surface area contributed by atoms with Crippen LogP contribution < -0.4 is 15.8 Å². The minimum atomic E-state index is -5.32. The van der Waals surface area contributed by atoms with Crippen molar-refractivity contribution in [3.63, 3.8) is 0 Å². The molecule has 2 aliphatic rings. The topological polar surface area (TPSA) is 141 Å². The van der Waals surface area contributed by atoms with Crippen molar-refractivity contribution in [2.75, 3.05) is 13.2 Å². The number of nitrogens with zero attached hydrogens (tertiary/aromatic N) is 2. The number of alkyl halides is 3. The van der Waals surface area contributed by atoms with Gasteiger partial charge in [0.05, 0.1) is 18.4 Å². The van der Waals surface area contributed by atoms with E-state index < -0.39 is 47.1 Å². The third kappa shape index (κ3) is 4.16. The number of carbonyl (C=O) groups excluding carboxylic acids is 2. The maximum absolute atomic E-state index is 14.4. The van der Waals surface area contributed by atoms with E-state index in [0.717, 1.165) is 37.2 Å². The number of hydrogen-bond acceptors (Lipinski definition) is 7. The molecule has 2 aromatic heterocycles. The number of hydrogen-bond donors (Lipinski definition) is 3. The summed E-state index contributed by atoms with van der Waals surface area (Å²) < 4.78 is 67.6. The number of benzene rings is 1. The van der Waals surface area contributed by atoms with Gasteiger partial charge in [0.2, 0.25) is 11.5 Å². The summed E-state index contributed by atoms with van der Waals surface area (Å²) in [6.07, 6.45) is -2.70. The van der Waals surface area contributed by atoms with Gasteiger partial charge < -0.3 is 25.4 Å². The van der Waals surface area contributed by atoms with Crippen LogP contribution in [0.25, 0.3) is 11.3 Å². The monoisotopic (exact) mass is 534 g/mol. The van der Waals surface area contributed by atoms with Gasteiger partial charge in [-0.05, 0) is 50.1 Å². The van der Waals surface area contributed by atoms with Crippen molar-refractivity contribution in [3.05, 3.63) is 64.9 Å². The lowest BCUT2D eigenvalue weighted by molar-refractivity contribution is -0.265. The van der Waals surface area contributed by atoms with Gasteiger partial charge in [-0.25, -0.2) is 9.37 Å². The van der Waals surface area contributed by atoms with Crippen LogP contribution in [0.4, 0.5) is 17.6 Å². The van der Waals surface area contributed by atoms with Crippen LogP contribution in [0, 0.1) is 5.82 Å². The lowest BCUT2D eigenvalue weighted by atomic mass is 9.81. The summed E-state index contributed by atoms with van der Waals surface area (Å²) in [5.74, 6) is -2.18. The number of amides is 2. The Balaban J connectivity index is 1.59. The summed E-state index contributed by atoms with van der Waals surface area (Å²) in [5, 5.41) is 16.7. The van der Waals surface area contributed by atoms with Crippen LogP contribution >= 0.6 is 0 Å². The molecule has 38 heavy (non-hydrogen) atoms. The first-order valence-electron chi connectivity index (χ1n) is 11.6. The molecule has 5 rings (SSSR count). The highest BCUT2D eigenvalue weighted by Crippen LogP contribution is 2.48. The van der Waals surface area contributed by atoms with Gasteiger partial charge in [0.15, 0.2) is 5.76 Å². The maximum atomic E-state index is 14.4. The summed E-state index contributed by atoms with van der Waals surface area (Å²) in [6.45, 7) is -0.206. The Morgan fingerprint density at radius 1 is 1.24 bits per heavy atom. The molecule has 2 amide bonds. The Morgan fingerprint density at radius 3 is 2.53 bits per heavy atom. The quantitative estimate of drug-likeness (QED) is 0.396. The normalized spacial score (nSPS) is 20.4. The van der Waals surface area contributed by atoms with Crippen LogP contribution in [0.2, 0.25) is 0 Å². The lowest BCUT2D eigenvalue weighted by Crippen LogP contribution is -2.52. The number of pyridine rings is 1. The Kier molecular flexibility index (Phi) is 5.93. The number of primary amides is 1. The number of ether oxygens (including phenoxy) is 1. The second-order valence-electron chi connectivity index (χ2n) is 9.64. The average Bonchev–Trinajstić information content (AvgIpc) is 3.49. The minimum absolute atomic E-state index is 0.0197. The van der Waals surface area contributed by atoms with Gasteiger partial charge in [-0.3, -0.25) is 9.59 Å². The van der Waals surface area contributed by atoms with Crippen molar-refractivity contribution in [3.8, 4) is 17.0 Å². The van der Waals surface area contributed by atoms with Crippen molar-refractivity contribution < 1.29 is 41.5 Å². The highest BCUT2D eigenvalue weighted by molar-refractivity contribution is 5.95. The largest absolute Gasteiger partial charge is 0.489 e. The number of aliphatic hydroxyl groups is 1. The van der Waals surface area contributed by atoms with Crippen molar-refractivity contribution in [1.82, 2.24) is 15.5 Å². The second kappa shape index (κ2) is 8.79. The first kappa shape index (κ1) is 25.6. The molecule has 1 fully saturated rings. The second-order valence-corrected chi connectivity index (χ2v) is 9.64. The van der Waals surface area contributed by atoms with Crippen LogP contribution in [-0.4, -0.2) is 46.4 Å². The Bertz CT molecular complexity index is 1420. The molecule has 3 aromatic rings. The van der Waals surface area contributed by atoms with Crippen LogP contribution in [0.15, 0.2) is 41.1 Å². The standard InChI is InChI=1S/C25H22F4N4O5/c1-23(22(30)35)11-37-20-16(23)8-17(33-18(20)12-4-6-14(26)7-5-12)24(36,25(27,28)29)10-31-21(34)15-9-32-38-19(15)13-2-3-13/h4-9,13,36H,2-3,10-11H2,1H3,(H2,30,35)(H,31,34)/t23-,24?/m0/s1. The Labute approximate surface area is 213 Å². The number of rotatable bonds is 7. The number of nitrogens with two attached hydrogens (primary N) is 1. The predicted molar refractivity (Wildman–Crippen MR) is 122 cm³/mol. The fourth-order valence-electron chi connectivity index (χ4n) is 4.30. The molecular formula is C25H22F4N4O5. The van der Waals surface area contributed by atoms with Gasteiger partial charge >= 0.3 is 6.18 Å². The van der Waals surface area contributed by atoms with Gasteiger partial charge in [0.1, 0.15) is 34.8 Å². The molecule has 1 aliphatic carbocycles. The molecule has 1 aliphatic heterocycles. The number of carbonyl (C=O) groups is 2. The van der Waals surface area contributed by atoms with Gasteiger partial charge in [0.25, 0.3) is 5.91 Å². The summed E-state index contributed by atoms with van der Waals surface area (Å²) in [4.78, 5) is 29.1. The van der Waals surface area contributed by atoms with Gasteiger partial charge in [-0.15, -0.1) is 0 Å². The highest BCUT2D eigenvalue weighted by Gasteiger charge is 2.58. The van der Waals surface area contributed by atoms with Gasteiger partial charge in [-0.1, -0.05) is 5.16 Å². The van der Waals surface area contributed by atoms with E-state index in [1.807, 2.05) is 0 Å².